The molecule has 0 bridgehead atoms. The summed E-state index contributed by atoms with van der Waals surface area (Å²) >= 11 is 11.1. The van der Waals surface area contributed by atoms with Crippen LogP contribution in [0.5, 0.6) is 0 Å². The lowest BCUT2D eigenvalue weighted by molar-refractivity contribution is 0.0949. The van der Waals surface area contributed by atoms with Crippen molar-refractivity contribution in [2.24, 2.45) is 0 Å². The first-order valence-electron chi connectivity index (χ1n) is 4.95. The number of hydrogen-bond acceptors (Lipinski definition) is 1. The first-order chi connectivity index (χ1) is 7.66. The van der Waals surface area contributed by atoms with Crippen LogP contribution in [-0.4, -0.2) is 18.3 Å². The van der Waals surface area contributed by atoms with Crippen molar-refractivity contribution in [1.29, 1.82) is 0 Å². The fourth-order valence-electron chi connectivity index (χ4n) is 1.20. The highest BCUT2D eigenvalue weighted by Crippen LogP contribution is 2.17. The molecule has 1 N–H and O–H groups in total. The smallest absolute Gasteiger partial charge is 0.254 e. The van der Waals surface area contributed by atoms with Crippen LogP contribution in [0.2, 0.25) is 5.02 Å². The van der Waals surface area contributed by atoms with Crippen molar-refractivity contribution in [1.82, 2.24) is 5.32 Å². The summed E-state index contributed by atoms with van der Waals surface area (Å²) in [4.78, 5) is 11.5. The molecule has 0 aromatic heterocycles. The molecule has 88 valence electrons. The quantitative estimate of drug-likeness (QED) is 0.642. The van der Waals surface area contributed by atoms with Crippen LogP contribution in [-0.2, 0) is 0 Å². The molecule has 0 saturated carbocycles. The van der Waals surface area contributed by atoms with E-state index in [2.05, 4.69) is 5.32 Å². The normalized spacial score (nSPS) is 10.2. The van der Waals surface area contributed by atoms with Gasteiger partial charge in [-0.2, -0.15) is 0 Å². The molecular weight excluding hydrogens is 252 g/mol. The molecule has 1 aromatic rings. The molecule has 0 aliphatic heterocycles. The molecular formula is C11H12Cl2FNO. The molecule has 0 heterocycles. The van der Waals surface area contributed by atoms with Crippen molar-refractivity contribution in [2.75, 3.05) is 12.4 Å². The maximum atomic E-state index is 13.4. The van der Waals surface area contributed by atoms with Crippen molar-refractivity contribution in [3.8, 4) is 0 Å². The van der Waals surface area contributed by atoms with E-state index >= 15 is 0 Å². The minimum Gasteiger partial charge on any atom is -0.352 e. The number of nitrogens with one attached hydrogen (secondary N) is 1. The fraction of sp³-hybridized carbons (Fsp3) is 0.364. The largest absolute Gasteiger partial charge is 0.352 e. The number of carbonyl (C=O) groups excluding carboxylic acids is 1. The number of unbranched alkanes of at least 4 members (excludes halogenated alkanes) is 1. The highest BCUT2D eigenvalue weighted by molar-refractivity contribution is 6.31. The first-order valence-corrected chi connectivity index (χ1v) is 5.86. The van der Waals surface area contributed by atoms with Gasteiger partial charge in [0.1, 0.15) is 0 Å². The second kappa shape index (κ2) is 6.71. The van der Waals surface area contributed by atoms with Crippen LogP contribution in [0.1, 0.15) is 23.2 Å². The van der Waals surface area contributed by atoms with Gasteiger partial charge in [-0.05, 0) is 25.0 Å². The summed E-state index contributed by atoms with van der Waals surface area (Å²) in [6.45, 7) is 0.484. The Hall–Kier alpha value is -0.800. The molecule has 0 aliphatic rings. The number of amides is 1. The van der Waals surface area contributed by atoms with Gasteiger partial charge >= 0.3 is 0 Å². The Balaban J connectivity index is 2.56. The van der Waals surface area contributed by atoms with Gasteiger partial charge in [0.15, 0.2) is 5.82 Å². The van der Waals surface area contributed by atoms with Gasteiger partial charge in [-0.25, -0.2) is 4.39 Å². The third-order valence-corrected chi connectivity index (χ3v) is 2.60. The van der Waals surface area contributed by atoms with Gasteiger partial charge in [-0.1, -0.05) is 17.7 Å². The Morgan fingerprint density at radius 3 is 2.81 bits per heavy atom. The minimum absolute atomic E-state index is 0.0293. The number of rotatable bonds is 5. The topological polar surface area (TPSA) is 29.1 Å². The predicted molar refractivity (Wildman–Crippen MR) is 63.7 cm³/mol. The molecule has 2 nitrogen and oxygen atoms in total. The van der Waals surface area contributed by atoms with Crippen molar-refractivity contribution in [3.63, 3.8) is 0 Å². The van der Waals surface area contributed by atoms with Crippen LogP contribution in [0.25, 0.3) is 0 Å². The zero-order chi connectivity index (χ0) is 12.0. The van der Waals surface area contributed by atoms with Crippen LogP contribution in [0.15, 0.2) is 18.2 Å². The number of alkyl halides is 1. The van der Waals surface area contributed by atoms with E-state index in [-0.39, 0.29) is 10.6 Å². The highest BCUT2D eigenvalue weighted by Gasteiger charge is 2.12. The third kappa shape index (κ3) is 3.65. The predicted octanol–water partition coefficient (Wildman–Crippen LogP) is 3.23. The van der Waals surface area contributed by atoms with E-state index in [1.807, 2.05) is 0 Å². The Kier molecular flexibility index (Phi) is 5.56. The van der Waals surface area contributed by atoms with Crippen molar-refractivity contribution in [2.45, 2.75) is 12.8 Å². The Morgan fingerprint density at radius 2 is 2.12 bits per heavy atom. The lowest BCUT2D eigenvalue weighted by atomic mass is 10.2. The fourth-order valence-corrected chi connectivity index (χ4v) is 1.56. The average Bonchev–Trinajstić information content (AvgIpc) is 2.28. The average molecular weight is 264 g/mol. The van der Waals surface area contributed by atoms with Gasteiger partial charge in [-0.15, -0.1) is 11.6 Å². The Labute approximate surface area is 104 Å². The number of hydrogen-bond donors (Lipinski definition) is 1. The van der Waals surface area contributed by atoms with Gasteiger partial charge in [0, 0.05) is 12.4 Å². The Bertz CT molecular complexity index is 371. The van der Waals surface area contributed by atoms with Gasteiger partial charge in [0.05, 0.1) is 10.6 Å². The van der Waals surface area contributed by atoms with E-state index in [1.165, 1.54) is 12.1 Å². The molecule has 0 saturated heterocycles. The lowest BCUT2D eigenvalue weighted by Gasteiger charge is -2.06. The van der Waals surface area contributed by atoms with Crippen LogP contribution in [0, 0.1) is 5.82 Å². The zero-order valence-electron chi connectivity index (χ0n) is 8.60. The number of carbonyl (C=O) groups is 1. The van der Waals surface area contributed by atoms with Gasteiger partial charge in [0.25, 0.3) is 5.91 Å². The molecule has 0 unspecified atom stereocenters. The van der Waals surface area contributed by atoms with Crippen LogP contribution in [0.3, 0.4) is 0 Å². The van der Waals surface area contributed by atoms with Crippen LogP contribution in [0.4, 0.5) is 4.39 Å². The molecule has 0 spiro atoms. The minimum atomic E-state index is -0.681. The van der Waals surface area contributed by atoms with E-state index in [4.69, 9.17) is 23.2 Å². The van der Waals surface area contributed by atoms with Gasteiger partial charge in [0.2, 0.25) is 0 Å². The SMILES string of the molecule is O=C(NCCCCCl)c1cccc(Cl)c1F. The van der Waals surface area contributed by atoms with Crippen molar-refractivity contribution < 1.29 is 9.18 Å². The van der Waals surface area contributed by atoms with E-state index in [0.717, 1.165) is 12.8 Å². The maximum absolute atomic E-state index is 13.4. The summed E-state index contributed by atoms with van der Waals surface area (Å²) < 4.78 is 13.4. The maximum Gasteiger partial charge on any atom is 0.254 e. The third-order valence-electron chi connectivity index (χ3n) is 2.04. The molecule has 0 aliphatic carbocycles. The second-order valence-electron chi connectivity index (χ2n) is 3.25. The van der Waals surface area contributed by atoms with E-state index in [0.29, 0.717) is 12.4 Å². The van der Waals surface area contributed by atoms with Gasteiger partial charge < -0.3 is 5.32 Å². The molecule has 1 amide bonds. The van der Waals surface area contributed by atoms with Crippen molar-refractivity contribution >= 4 is 29.1 Å². The monoisotopic (exact) mass is 263 g/mol. The van der Waals surface area contributed by atoms with E-state index < -0.39 is 11.7 Å². The van der Waals surface area contributed by atoms with E-state index in [1.54, 1.807) is 6.07 Å². The van der Waals surface area contributed by atoms with Crippen LogP contribution >= 0.6 is 23.2 Å². The Morgan fingerprint density at radius 1 is 1.38 bits per heavy atom. The highest BCUT2D eigenvalue weighted by atomic mass is 35.5. The number of halogens is 3. The summed E-state index contributed by atoms with van der Waals surface area (Å²) in [7, 11) is 0. The molecule has 0 fully saturated rings. The summed E-state index contributed by atoms with van der Waals surface area (Å²) in [5.41, 5.74) is -0.0293. The molecule has 0 atom stereocenters. The summed E-state index contributed by atoms with van der Waals surface area (Å²) in [6.07, 6.45) is 1.59. The zero-order valence-corrected chi connectivity index (χ0v) is 10.1. The molecule has 1 aromatic carbocycles. The van der Waals surface area contributed by atoms with Gasteiger partial charge in [-0.3, -0.25) is 4.79 Å². The molecule has 0 radical (unpaired) electrons. The van der Waals surface area contributed by atoms with E-state index in [9.17, 15) is 9.18 Å². The summed E-state index contributed by atoms with van der Waals surface area (Å²) in [5.74, 6) is -0.574. The summed E-state index contributed by atoms with van der Waals surface area (Å²) in [5, 5.41) is 2.56. The standard InChI is InChI=1S/C11H12Cl2FNO/c12-6-1-2-7-15-11(16)8-4-3-5-9(13)10(8)14/h3-5H,1-2,6-7H2,(H,15,16). The van der Waals surface area contributed by atoms with Crippen LogP contribution < -0.4 is 5.32 Å². The lowest BCUT2D eigenvalue weighted by Crippen LogP contribution is -2.25. The number of benzene rings is 1. The summed E-state index contributed by atoms with van der Waals surface area (Å²) in [6, 6.07) is 4.35. The van der Waals surface area contributed by atoms with Crippen molar-refractivity contribution in [3.05, 3.63) is 34.6 Å². The first kappa shape index (κ1) is 13.3. The molecule has 16 heavy (non-hydrogen) atoms. The molecule has 1 rings (SSSR count). The second-order valence-corrected chi connectivity index (χ2v) is 4.04. The molecule has 5 heteroatoms.